The highest BCUT2D eigenvalue weighted by Crippen LogP contribution is 2.26. The second-order valence-electron chi connectivity index (χ2n) is 4.31. The van der Waals surface area contributed by atoms with Gasteiger partial charge >= 0.3 is 0 Å². The van der Waals surface area contributed by atoms with Crippen LogP contribution in [0.25, 0.3) is 11.0 Å². The fourth-order valence-corrected chi connectivity index (χ4v) is 2.27. The number of hydrogen-bond acceptors (Lipinski definition) is 4. The van der Waals surface area contributed by atoms with Crippen molar-refractivity contribution in [1.29, 1.82) is 5.26 Å². The molecule has 0 fully saturated rings. The summed E-state index contributed by atoms with van der Waals surface area (Å²) in [5, 5.41) is 12.0. The van der Waals surface area contributed by atoms with E-state index in [4.69, 9.17) is 5.26 Å². The van der Waals surface area contributed by atoms with E-state index in [-0.39, 0.29) is 5.56 Å². The van der Waals surface area contributed by atoms with E-state index in [0.717, 1.165) is 15.7 Å². The minimum atomic E-state index is -0.537. The number of nitriles is 1. The number of pyridine rings is 2. The highest BCUT2D eigenvalue weighted by atomic mass is 79.9. The Bertz CT molecular complexity index is 873. The Morgan fingerprint density at radius 3 is 2.86 bits per heavy atom. The molecule has 0 aliphatic carbocycles. The molecule has 21 heavy (non-hydrogen) atoms. The van der Waals surface area contributed by atoms with Gasteiger partial charge in [0.05, 0.1) is 16.8 Å². The van der Waals surface area contributed by atoms with Gasteiger partial charge in [-0.15, -0.1) is 0 Å². The Balaban J connectivity index is 2.04. The lowest BCUT2D eigenvalue weighted by Crippen LogP contribution is -1.95. The second kappa shape index (κ2) is 5.46. The maximum absolute atomic E-state index is 13.3. The zero-order valence-electron chi connectivity index (χ0n) is 10.6. The van der Waals surface area contributed by atoms with Gasteiger partial charge in [-0.05, 0) is 46.3 Å². The summed E-state index contributed by atoms with van der Waals surface area (Å²) in [5.74, 6) is -0.537. The Morgan fingerprint density at radius 1 is 1.19 bits per heavy atom. The molecule has 0 aliphatic rings. The average molecular weight is 343 g/mol. The van der Waals surface area contributed by atoms with E-state index in [2.05, 4.69) is 31.2 Å². The third kappa shape index (κ3) is 2.69. The van der Waals surface area contributed by atoms with E-state index < -0.39 is 5.82 Å². The zero-order valence-corrected chi connectivity index (χ0v) is 12.2. The molecule has 0 saturated carbocycles. The third-order valence-corrected chi connectivity index (χ3v) is 3.34. The smallest absolute Gasteiger partial charge is 0.141 e. The molecule has 0 unspecified atom stereocenters. The molecule has 3 rings (SSSR count). The summed E-state index contributed by atoms with van der Waals surface area (Å²) in [7, 11) is 0. The first-order valence-corrected chi connectivity index (χ1v) is 6.83. The highest BCUT2D eigenvalue weighted by Gasteiger charge is 2.07. The minimum absolute atomic E-state index is 0.00550. The fourth-order valence-electron chi connectivity index (χ4n) is 1.95. The lowest BCUT2D eigenvalue weighted by molar-refractivity contribution is 0.624. The summed E-state index contributed by atoms with van der Waals surface area (Å²) in [6, 6.07) is 9.74. The number of nitrogens with zero attached hydrogens (tertiary/aromatic N) is 3. The van der Waals surface area contributed by atoms with Crippen molar-refractivity contribution in [2.75, 3.05) is 5.32 Å². The maximum atomic E-state index is 13.3. The molecule has 6 heteroatoms. The first kappa shape index (κ1) is 13.5. The first-order chi connectivity index (χ1) is 10.2. The summed E-state index contributed by atoms with van der Waals surface area (Å²) in [4.78, 5) is 8.57. The van der Waals surface area contributed by atoms with Gasteiger partial charge in [-0.2, -0.15) is 5.26 Å². The predicted molar refractivity (Wildman–Crippen MR) is 81.6 cm³/mol. The quantitative estimate of drug-likeness (QED) is 0.759. The highest BCUT2D eigenvalue weighted by molar-refractivity contribution is 9.10. The Hall–Kier alpha value is -2.52. The van der Waals surface area contributed by atoms with Gasteiger partial charge in [0.2, 0.25) is 0 Å². The molecule has 2 heterocycles. The molecule has 0 amide bonds. The molecular weight excluding hydrogens is 335 g/mol. The molecule has 3 aromatic rings. The van der Waals surface area contributed by atoms with Crippen molar-refractivity contribution in [3.05, 3.63) is 58.6 Å². The van der Waals surface area contributed by atoms with Crippen molar-refractivity contribution in [1.82, 2.24) is 9.97 Å². The van der Waals surface area contributed by atoms with Crippen molar-refractivity contribution >= 4 is 38.3 Å². The van der Waals surface area contributed by atoms with Crippen LogP contribution in [-0.4, -0.2) is 9.97 Å². The van der Waals surface area contributed by atoms with Crippen molar-refractivity contribution in [2.24, 2.45) is 0 Å². The summed E-state index contributed by atoms with van der Waals surface area (Å²) >= 11 is 3.35. The molecule has 1 N–H and O–H groups in total. The van der Waals surface area contributed by atoms with Crippen LogP contribution in [0.4, 0.5) is 15.8 Å². The van der Waals surface area contributed by atoms with E-state index in [0.29, 0.717) is 11.2 Å². The van der Waals surface area contributed by atoms with Crippen molar-refractivity contribution in [3.8, 4) is 6.07 Å². The lowest BCUT2D eigenvalue weighted by atomic mass is 10.2. The molecule has 0 bridgehead atoms. The van der Waals surface area contributed by atoms with Gasteiger partial charge in [-0.1, -0.05) is 0 Å². The van der Waals surface area contributed by atoms with Crippen molar-refractivity contribution in [3.63, 3.8) is 0 Å². The molecule has 0 atom stereocenters. The van der Waals surface area contributed by atoms with Crippen molar-refractivity contribution < 1.29 is 4.39 Å². The van der Waals surface area contributed by atoms with Crippen LogP contribution in [0.15, 0.2) is 47.2 Å². The number of fused-ring (bicyclic) bond motifs is 1. The number of anilines is 2. The van der Waals surface area contributed by atoms with E-state index in [1.807, 2.05) is 12.1 Å². The molecule has 102 valence electrons. The molecule has 0 aliphatic heterocycles. The number of halogens is 2. The van der Waals surface area contributed by atoms with Gasteiger partial charge in [0.15, 0.2) is 0 Å². The first-order valence-electron chi connectivity index (χ1n) is 6.04. The summed E-state index contributed by atoms with van der Waals surface area (Å²) in [6.45, 7) is 0. The van der Waals surface area contributed by atoms with E-state index in [1.54, 1.807) is 24.5 Å². The number of nitrogens with one attached hydrogen (secondary N) is 1. The van der Waals surface area contributed by atoms with Crippen LogP contribution >= 0.6 is 15.9 Å². The maximum Gasteiger partial charge on any atom is 0.141 e. The molecule has 1 aromatic carbocycles. The van der Waals surface area contributed by atoms with Crippen LogP contribution in [0, 0.1) is 17.1 Å². The van der Waals surface area contributed by atoms with E-state index in [9.17, 15) is 4.39 Å². The van der Waals surface area contributed by atoms with Gasteiger partial charge < -0.3 is 5.32 Å². The summed E-state index contributed by atoms with van der Waals surface area (Å²) in [5.41, 5.74) is 2.78. The lowest BCUT2D eigenvalue weighted by Gasteiger charge is -2.09. The molecule has 2 aromatic heterocycles. The Morgan fingerprint density at radius 2 is 2.05 bits per heavy atom. The van der Waals surface area contributed by atoms with Crippen LogP contribution < -0.4 is 5.32 Å². The number of aromatic nitrogens is 2. The molecule has 0 radical (unpaired) electrons. The predicted octanol–water partition coefficient (Wildman–Crippen LogP) is 4.15. The number of hydrogen-bond donors (Lipinski definition) is 1. The zero-order chi connectivity index (χ0) is 14.8. The van der Waals surface area contributed by atoms with Gasteiger partial charge in [-0.3, -0.25) is 9.97 Å². The Labute approximate surface area is 128 Å². The standard InChI is InChI=1S/C15H8BrFN4/c16-10-6-14-15(20-8-10)13(3-4-19-14)21-11-1-2-12(17)9(5-11)7-18/h1-6,8H,(H,19,21). The van der Waals surface area contributed by atoms with Crippen LogP contribution in [0.3, 0.4) is 0 Å². The minimum Gasteiger partial charge on any atom is -0.354 e. The van der Waals surface area contributed by atoms with Crippen LogP contribution in [0.1, 0.15) is 5.56 Å². The molecular formula is C15H8BrFN4. The van der Waals surface area contributed by atoms with Crippen molar-refractivity contribution in [2.45, 2.75) is 0 Å². The van der Waals surface area contributed by atoms with Gasteiger partial charge in [-0.25, -0.2) is 4.39 Å². The third-order valence-electron chi connectivity index (χ3n) is 2.91. The largest absolute Gasteiger partial charge is 0.354 e. The van der Waals surface area contributed by atoms with Gasteiger partial charge in [0.25, 0.3) is 0 Å². The molecule has 0 saturated heterocycles. The number of rotatable bonds is 2. The second-order valence-corrected chi connectivity index (χ2v) is 5.23. The normalized spacial score (nSPS) is 10.3. The molecule has 0 spiro atoms. The van der Waals surface area contributed by atoms with Crippen LogP contribution in [0.5, 0.6) is 0 Å². The van der Waals surface area contributed by atoms with Gasteiger partial charge in [0.1, 0.15) is 17.4 Å². The average Bonchev–Trinajstić information content (AvgIpc) is 2.49. The van der Waals surface area contributed by atoms with Gasteiger partial charge in [0, 0.05) is 22.6 Å². The molecule has 4 nitrogen and oxygen atoms in total. The Kier molecular flexibility index (Phi) is 3.50. The topological polar surface area (TPSA) is 61.6 Å². The number of benzene rings is 1. The van der Waals surface area contributed by atoms with Crippen LogP contribution in [0.2, 0.25) is 0 Å². The van der Waals surface area contributed by atoms with E-state index in [1.165, 1.54) is 12.1 Å². The van der Waals surface area contributed by atoms with Crippen LogP contribution in [-0.2, 0) is 0 Å². The summed E-state index contributed by atoms with van der Waals surface area (Å²) in [6.07, 6.45) is 3.34. The SMILES string of the molecule is N#Cc1cc(Nc2ccnc3cc(Br)cnc23)ccc1F. The monoisotopic (exact) mass is 342 g/mol. The summed E-state index contributed by atoms with van der Waals surface area (Å²) < 4.78 is 14.2. The van der Waals surface area contributed by atoms with E-state index >= 15 is 0 Å². The fraction of sp³-hybridized carbons (Fsp3) is 0.